The maximum Gasteiger partial charge on any atom is 0.0327 e. The van der Waals surface area contributed by atoms with Crippen molar-refractivity contribution in [3.63, 3.8) is 0 Å². The van der Waals surface area contributed by atoms with Crippen molar-refractivity contribution in [2.24, 2.45) is 0 Å². The Labute approximate surface area is 103 Å². The van der Waals surface area contributed by atoms with Crippen LogP contribution in [-0.2, 0) is 6.42 Å². The van der Waals surface area contributed by atoms with Crippen LogP contribution >= 0.6 is 11.3 Å². The second kappa shape index (κ2) is 6.21. The van der Waals surface area contributed by atoms with Crippen molar-refractivity contribution < 1.29 is 0 Å². The molecule has 0 aliphatic heterocycles. The van der Waals surface area contributed by atoms with Crippen LogP contribution < -0.4 is 5.32 Å². The van der Waals surface area contributed by atoms with Crippen LogP contribution in [0.5, 0.6) is 0 Å². The van der Waals surface area contributed by atoms with E-state index in [1.54, 1.807) is 5.57 Å². The minimum Gasteiger partial charge on any atom is -0.310 e. The van der Waals surface area contributed by atoms with Crippen molar-refractivity contribution in [2.75, 3.05) is 6.54 Å². The smallest absolute Gasteiger partial charge is 0.0327 e. The second-order valence-electron chi connectivity index (χ2n) is 4.42. The summed E-state index contributed by atoms with van der Waals surface area (Å²) in [6.07, 6.45) is 8.95. The van der Waals surface area contributed by atoms with E-state index in [-0.39, 0.29) is 0 Å². The summed E-state index contributed by atoms with van der Waals surface area (Å²) in [4.78, 5) is 1.50. The number of rotatable bonds is 5. The maximum atomic E-state index is 3.63. The Bertz CT molecular complexity index is 327. The zero-order valence-electron chi connectivity index (χ0n) is 10.0. The van der Waals surface area contributed by atoms with E-state index in [2.05, 4.69) is 35.8 Å². The summed E-state index contributed by atoms with van der Waals surface area (Å²) in [5, 5.41) is 5.80. The average molecular weight is 235 g/mol. The van der Waals surface area contributed by atoms with Gasteiger partial charge in [0.25, 0.3) is 0 Å². The number of hydrogen-bond acceptors (Lipinski definition) is 2. The van der Waals surface area contributed by atoms with Crippen LogP contribution in [0.1, 0.15) is 37.5 Å². The molecule has 0 saturated carbocycles. The highest BCUT2D eigenvalue weighted by Gasteiger charge is 2.15. The van der Waals surface area contributed by atoms with Crippen molar-refractivity contribution in [3.05, 3.63) is 34.0 Å². The Morgan fingerprint density at radius 1 is 1.44 bits per heavy atom. The molecular formula is C14H21NS. The van der Waals surface area contributed by atoms with Crippen LogP contribution in [0.25, 0.3) is 0 Å². The zero-order valence-corrected chi connectivity index (χ0v) is 10.9. The van der Waals surface area contributed by atoms with Crippen LogP contribution in [0.3, 0.4) is 0 Å². The summed E-state index contributed by atoms with van der Waals surface area (Å²) in [6, 6.07) is 4.97. The first-order valence-electron chi connectivity index (χ1n) is 6.35. The molecule has 2 rings (SSSR count). The van der Waals surface area contributed by atoms with Crippen LogP contribution in [0.15, 0.2) is 29.2 Å². The molecule has 1 atom stereocenters. The van der Waals surface area contributed by atoms with Gasteiger partial charge in [0, 0.05) is 17.3 Å². The van der Waals surface area contributed by atoms with Gasteiger partial charge in [-0.3, -0.25) is 0 Å². The van der Waals surface area contributed by atoms with Gasteiger partial charge in [-0.15, -0.1) is 11.3 Å². The summed E-state index contributed by atoms with van der Waals surface area (Å²) in [5.41, 5.74) is 1.64. The summed E-state index contributed by atoms with van der Waals surface area (Å²) in [6.45, 7) is 3.26. The molecule has 1 aliphatic carbocycles. The normalized spacial score (nSPS) is 18.2. The predicted molar refractivity (Wildman–Crippen MR) is 72.0 cm³/mol. The van der Waals surface area contributed by atoms with Gasteiger partial charge in [0.15, 0.2) is 0 Å². The van der Waals surface area contributed by atoms with E-state index in [1.807, 2.05) is 11.3 Å². The van der Waals surface area contributed by atoms with E-state index in [0.717, 1.165) is 13.0 Å². The molecular weight excluding hydrogens is 214 g/mol. The van der Waals surface area contributed by atoms with Crippen molar-refractivity contribution >= 4 is 11.3 Å². The SMILES string of the molecule is CCNC(Cc1cccs1)C1=CCCCC1. The zero-order chi connectivity index (χ0) is 11.2. The molecule has 1 unspecified atom stereocenters. The lowest BCUT2D eigenvalue weighted by Gasteiger charge is -2.23. The number of allylic oxidation sites excluding steroid dienone is 1. The molecule has 1 heterocycles. The molecule has 2 heteroatoms. The average Bonchev–Trinajstić information content (AvgIpc) is 2.83. The minimum absolute atomic E-state index is 0.573. The Kier molecular flexibility index (Phi) is 4.61. The quantitative estimate of drug-likeness (QED) is 0.766. The molecule has 1 nitrogen and oxygen atoms in total. The number of thiophene rings is 1. The van der Waals surface area contributed by atoms with E-state index >= 15 is 0 Å². The third-order valence-corrected chi connectivity index (χ3v) is 4.11. The lowest BCUT2D eigenvalue weighted by molar-refractivity contribution is 0.544. The fourth-order valence-corrected chi connectivity index (χ4v) is 3.14. The third-order valence-electron chi connectivity index (χ3n) is 3.21. The molecule has 0 radical (unpaired) electrons. The van der Waals surface area contributed by atoms with Crippen LogP contribution in [0, 0.1) is 0 Å². The molecule has 0 fully saturated rings. The first kappa shape index (κ1) is 11.9. The largest absolute Gasteiger partial charge is 0.310 e. The molecule has 0 amide bonds. The fourth-order valence-electron chi connectivity index (χ4n) is 2.39. The highest BCUT2D eigenvalue weighted by Crippen LogP contribution is 2.23. The Morgan fingerprint density at radius 3 is 3.00 bits per heavy atom. The van der Waals surface area contributed by atoms with Crippen molar-refractivity contribution in [2.45, 2.75) is 45.1 Å². The molecule has 1 aliphatic rings. The molecule has 16 heavy (non-hydrogen) atoms. The summed E-state index contributed by atoms with van der Waals surface area (Å²) >= 11 is 1.87. The molecule has 88 valence electrons. The number of nitrogens with one attached hydrogen (secondary N) is 1. The first-order valence-corrected chi connectivity index (χ1v) is 7.23. The lowest BCUT2D eigenvalue weighted by Crippen LogP contribution is -2.33. The highest BCUT2D eigenvalue weighted by atomic mass is 32.1. The number of likely N-dealkylation sites (N-methyl/N-ethyl adjacent to an activating group) is 1. The Balaban J connectivity index is 2.01. The van der Waals surface area contributed by atoms with Crippen molar-refractivity contribution in [1.29, 1.82) is 0 Å². The van der Waals surface area contributed by atoms with Crippen molar-refractivity contribution in [1.82, 2.24) is 5.32 Å². The molecule has 1 aromatic heterocycles. The summed E-state index contributed by atoms with van der Waals surface area (Å²) < 4.78 is 0. The Hall–Kier alpha value is -0.600. The third kappa shape index (κ3) is 3.19. The Morgan fingerprint density at radius 2 is 2.38 bits per heavy atom. The van der Waals surface area contributed by atoms with Crippen LogP contribution in [0.2, 0.25) is 0 Å². The topological polar surface area (TPSA) is 12.0 Å². The molecule has 1 N–H and O–H groups in total. The van der Waals surface area contributed by atoms with E-state index in [4.69, 9.17) is 0 Å². The van der Waals surface area contributed by atoms with Crippen molar-refractivity contribution in [3.8, 4) is 0 Å². The van der Waals surface area contributed by atoms with Gasteiger partial charge < -0.3 is 5.32 Å². The predicted octanol–water partition coefficient (Wildman–Crippen LogP) is 3.77. The van der Waals surface area contributed by atoms with Gasteiger partial charge in [-0.1, -0.05) is 24.6 Å². The van der Waals surface area contributed by atoms with Gasteiger partial charge in [0.2, 0.25) is 0 Å². The standard InChI is InChI=1S/C14H21NS/c1-2-15-14(11-13-9-6-10-16-13)12-7-4-3-5-8-12/h6-7,9-10,14-15H,2-5,8,11H2,1H3. The van der Waals surface area contributed by atoms with E-state index in [0.29, 0.717) is 6.04 Å². The molecule has 0 spiro atoms. The molecule has 0 aromatic carbocycles. The van der Waals surface area contributed by atoms with E-state index < -0.39 is 0 Å². The van der Waals surface area contributed by atoms with Gasteiger partial charge >= 0.3 is 0 Å². The molecule has 0 saturated heterocycles. The molecule has 0 bridgehead atoms. The van der Waals surface area contributed by atoms with E-state index in [1.165, 1.54) is 30.6 Å². The van der Waals surface area contributed by atoms with Gasteiger partial charge in [0.05, 0.1) is 0 Å². The minimum atomic E-state index is 0.573. The van der Waals surface area contributed by atoms with E-state index in [9.17, 15) is 0 Å². The van der Waals surface area contributed by atoms with Gasteiger partial charge in [-0.05, 0) is 43.7 Å². The molecule has 1 aromatic rings. The van der Waals surface area contributed by atoms with Gasteiger partial charge in [0.1, 0.15) is 0 Å². The summed E-state index contributed by atoms with van der Waals surface area (Å²) in [7, 11) is 0. The van der Waals surface area contributed by atoms with Crippen LogP contribution in [-0.4, -0.2) is 12.6 Å². The van der Waals surface area contributed by atoms with Gasteiger partial charge in [-0.2, -0.15) is 0 Å². The lowest BCUT2D eigenvalue weighted by atomic mass is 9.92. The monoisotopic (exact) mass is 235 g/mol. The summed E-state index contributed by atoms with van der Waals surface area (Å²) in [5.74, 6) is 0. The second-order valence-corrected chi connectivity index (χ2v) is 5.45. The number of hydrogen-bond donors (Lipinski definition) is 1. The fraction of sp³-hybridized carbons (Fsp3) is 0.571. The first-order chi connectivity index (χ1) is 7.90. The maximum absolute atomic E-state index is 3.63. The van der Waals surface area contributed by atoms with Crippen LogP contribution in [0.4, 0.5) is 0 Å². The van der Waals surface area contributed by atoms with Gasteiger partial charge in [-0.25, -0.2) is 0 Å². The highest BCUT2D eigenvalue weighted by molar-refractivity contribution is 7.09.